The zero-order chi connectivity index (χ0) is 18.6. The molecule has 0 unspecified atom stereocenters. The first-order valence-electron chi connectivity index (χ1n) is 9.33. The number of ether oxygens (including phenoxy) is 3. The van der Waals surface area contributed by atoms with Crippen LogP contribution in [0.2, 0.25) is 0 Å². The predicted molar refractivity (Wildman–Crippen MR) is 96.2 cm³/mol. The van der Waals surface area contributed by atoms with Gasteiger partial charge in [0.2, 0.25) is 5.91 Å². The van der Waals surface area contributed by atoms with Crippen LogP contribution in [0.25, 0.3) is 0 Å². The van der Waals surface area contributed by atoms with Crippen molar-refractivity contribution in [1.29, 1.82) is 0 Å². The second-order valence-corrected chi connectivity index (χ2v) is 7.27. The summed E-state index contributed by atoms with van der Waals surface area (Å²) in [6, 6.07) is 5.65. The summed E-state index contributed by atoms with van der Waals surface area (Å²) in [6.07, 6.45) is 6.82. The number of rotatable bonds is 7. The molecule has 0 bridgehead atoms. The molecule has 0 saturated heterocycles. The van der Waals surface area contributed by atoms with Gasteiger partial charge in [0.05, 0.1) is 18.6 Å². The van der Waals surface area contributed by atoms with Gasteiger partial charge in [-0.15, -0.1) is 0 Å². The molecule has 1 amide bonds. The third kappa shape index (κ3) is 3.64. The number of primary amides is 1. The fourth-order valence-corrected chi connectivity index (χ4v) is 4.23. The maximum Gasteiger partial charge on any atom is 0.293 e. The van der Waals surface area contributed by atoms with Crippen molar-refractivity contribution in [3.8, 4) is 11.5 Å². The van der Waals surface area contributed by atoms with E-state index in [1.54, 1.807) is 7.11 Å². The summed E-state index contributed by atoms with van der Waals surface area (Å²) < 4.78 is 16.7. The van der Waals surface area contributed by atoms with Gasteiger partial charge in [0.1, 0.15) is 6.10 Å². The van der Waals surface area contributed by atoms with Gasteiger partial charge in [0, 0.05) is 0 Å². The van der Waals surface area contributed by atoms with Crippen molar-refractivity contribution < 1.29 is 23.8 Å². The van der Waals surface area contributed by atoms with Crippen LogP contribution in [0.4, 0.5) is 0 Å². The van der Waals surface area contributed by atoms with Gasteiger partial charge in [0.15, 0.2) is 11.5 Å². The van der Waals surface area contributed by atoms with E-state index in [0.29, 0.717) is 43.7 Å². The number of nitrogens with two attached hydrogens (primary N) is 1. The number of hydrogen-bond donors (Lipinski definition) is 1. The van der Waals surface area contributed by atoms with Crippen molar-refractivity contribution in [1.82, 2.24) is 0 Å². The van der Waals surface area contributed by atoms with E-state index in [9.17, 15) is 9.59 Å². The van der Waals surface area contributed by atoms with Crippen molar-refractivity contribution in [2.75, 3.05) is 7.11 Å². The summed E-state index contributed by atoms with van der Waals surface area (Å²) in [5, 5.41) is 0. The summed E-state index contributed by atoms with van der Waals surface area (Å²) in [5.74, 6) is 0.987. The summed E-state index contributed by atoms with van der Waals surface area (Å²) in [7, 11) is 1.61. The third-order valence-electron chi connectivity index (χ3n) is 5.82. The molecule has 2 saturated carbocycles. The minimum Gasteiger partial charge on any atom is -0.493 e. The van der Waals surface area contributed by atoms with E-state index in [0.717, 1.165) is 18.4 Å². The first kappa shape index (κ1) is 18.5. The monoisotopic (exact) mass is 361 g/mol. The fraction of sp³-hybridized carbons (Fsp3) is 0.600. The molecule has 6 heteroatoms. The molecule has 2 fully saturated rings. The van der Waals surface area contributed by atoms with Gasteiger partial charge in [-0.1, -0.05) is 6.07 Å². The van der Waals surface area contributed by atoms with E-state index in [1.165, 1.54) is 12.8 Å². The van der Waals surface area contributed by atoms with Crippen LogP contribution in [0.5, 0.6) is 11.5 Å². The molecule has 6 nitrogen and oxygen atoms in total. The lowest BCUT2D eigenvalue weighted by Crippen LogP contribution is -2.45. The minimum atomic E-state index is -0.761. The van der Waals surface area contributed by atoms with Gasteiger partial charge in [0.25, 0.3) is 6.47 Å². The third-order valence-corrected chi connectivity index (χ3v) is 5.82. The number of amides is 1. The number of hydrogen-bond acceptors (Lipinski definition) is 5. The first-order valence-corrected chi connectivity index (χ1v) is 9.33. The maximum absolute atomic E-state index is 12.4. The lowest BCUT2D eigenvalue weighted by Gasteiger charge is -2.37. The standard InChI is InChI=1S/C20H27NO5/c1-24-17-7-6-14(12-18(17)26-16-4-2-3-5-16)20(19(21)23)10-8-15(9-11-20)25-13-22/h6-7,12-13,15-16H,2-5,8-11H2,1H3,(H2,21,23). The second-order valence-electron chi connectivity index (χ2n) is 7.27. The highest BCUT2D eigenvalue weighted by molar-refractivity contribution is 5.87. The van der Waals surface area contributed by atoms with Gasteiger partial charge in [-0.25, -0.2) is 0 Å². The Morgan fingerprint density at radius 1 is 1.12 bits per heavy atom. The lowest BCUT2D eigenvalue weighted by atomic mass is 9.68. The first-order chi connectivity index (χ1) is 12.6. The van der Waals surface area contributed by atoms with Crippen molar-refractivity contribution in [3.05, 3.63) is 23.8 Å². The van der Waals surface area contributed by atoms with E-state index < -0.39 is 5.41 Å². The molecule has 2 aliphatic carbocycles. The van der Waals surface area contributed by atoms with Crippen LogP contribution in [-0.2, 0) is 19.7 Å². The van der Waals surface area contributed by atoms with E-state index in [2.05, 4.69) is 0 Å². The Kier molecular flexibility index (Phi) is 5.69. The van der Waals surface area contributed by atoms with E-state index >= 15 is 0 Å². The van der Waals surface area contributed by atoms with Crippen LogP contribution >= 0.6 is 0 Å². The second kappa shape index (κ2) is 7.98. The minimum absolute atomic E-state index is 0.146. The molecular formula is C20H27NO5. The molecular weight excluding hydrogens is 334 g/mol. The van der Waals surface area contributed by atoms with Crippen molar-refractivity contribution in [2.45, 2.75) is 69.0 Å². The van der Waals surface area contributed by atoms with E-state index in [-0.39, 0.29) is 18.1 Å². The average Bonchev–Trinajstić information content (AvgIpc) is 3.15. The zero-order valence-corrected chi connectivity index (χ0v) is 15.2. The number of benzene rings is 1. The predicted octanol–water partition coefficient (Wildman–Crippen LogP) is 2.86. The molecule has 0 aliphatic heterocycles. The molecule has 1 aromatic rings. The Bertz CT molecular complexity index is 646. The maximum atomic E-state index is 12.4. The summed E-state index contributed by atoms with van der Waals surface area (Å²) in [5.41, 5.74) is 5.91. The Hall–Kier alpha value is -2.24. The van der Waals surface area contributed by atoms with Gasteiger partial charge < -0.3 is 19.9 Å². The highest BCUT2D eigenvalue weighted by Crippen LogP contribution is 2.43. The number of carbonyl (C=O) groups is 2. The highest BCUT2D eigenvalue weighted by atomic mass is 16.5. The van der Waals surface area contributed by atoms with E-state index in [4.69, 9.17) is 19.9 Å². The van der Waals surface area contributed by atoms with E-state index in [1.807, 2.05) is 18.2 Å². The molecule has 2 aliphatic rings. The molecule has 2 N–H and O–H groups in total. The molecule has 0 heterocycles. The average molecular weight is 361 g/mol. The SMILES string of the molecule is COc1ccc(C2(C(N)=O)CCC(OC=O)CC2)cc1OC1CCCC1. The van der Waals surface area contributed by atoms with Gasteiger partial charge in [-0.2, -0.15) is 0 Å². The molecule has 1 aromatic carbocycles. The Balaban J connectivity index is 1.87. The number of carbonyl (C=O) groups excluding carboxylic acids is 2. The summed E-state index contributed by atoms with van der Waals surface area (Å²) in [6.45, 7) is 0.475. The quantitative estimate of drug-likeness (QED) is 0.755. The fourth-order valence-electron chi connectivity index (χ4n) is 4.23. The number of methoxy groups -OCH3 is 1. The van der Waals surface area contributed by atoms with Crippen LogP contribution in [0.1, 0.15) is 56.9 Å². The molecule has 26 heavy (non-hydrogen) atoms. The normalized spacial score (nSPS) is 26.3. The molecule has 0 aromatic heterocycles. The molecule has 0 spiro atoms. The molecule has 142 valence electrons. The highest BCUT2D eigenvalue weighted by Gasteiger charge is 2.43. The Morgan fingerprint density at radius 3 is 2.38 bits per heavy atom. The zero-order valence-electron chi connectivity index (χ0n) is 15.2. The Labute approximate surface area is 154 Å². The molecule has 3 rings (SSSR count). The summed E-state index contributed by atoms with van der Waals surface area (Å²) in [4.78, 5) is 23.0. The summed E-state index contributed by atoms with van der Waals surface area (Å²) >= 11 is 0. The van der Waals surface area contributed by atoms with Crippen LogP contribution in [0.3, 0.4) is 0 Å². The van der Waals surface area contributed by atoms with Gasteiger partial charge >= 0.3 is 0 Å². The van der Waals surface area contributed by atoms with Crippen LogP contribution < -0.4 is 15.2 Å². The van der Waals surface area contributed by atoms with Crippen LogP contribution in [-0.4, -0.2) is 31.7 Å². The Morgan fingerprint density at radius 2 is 1.81 bits per heavy atom. The topological polar surface area (TPSA) is 87.9 Å². The largest absolute Gasteiger partial charge is 0.493 e. The van der Waals surface area contributed by atoms with Crippen molar-refractivity contribution >= 4 is 12.4 Å². The van der Waals surface area contributed by atoms with Gasteiger partial charge in [-0.05, 0) is 69.1 Å². The molecule has 0 radical (unpaired) electrons. The van der Waals surface area contributed by atoms with Gasteiger partial charge in [-0.3, -0.25) is 9.59 Å². The van der Waals surface area contributed by atoms with Crippen molar-refractivity contribution in [2.24, 2.45) is 5.73 Å². The van der Waals surface area contributed by atoms with Crippen LogP contribution in [0.15, 0.2) is 18.2 Å². The van der Waals surface area contributed by atoms with Crippen LogP contribution in [0, 0.1) is 0 Å². The molecule has 0 atom stereocenters. The lowest BCUT2D eigenvalue weighted by molar-refractivity contribution is -0.136. The smallest absolute Gasteiger partial charge is 0.293 e. The van der Waals surface area contributed by atoms with Crippen molar-refractivity contribution in [3.63, 3.8) is 0 Å².